The summed E-state index contributed by atoms with van der Waals surface area (Å²) in [6.45, 7) is 7.77. The lowest BCUT2D eigenvalue weighted by Crippen LogP contribution is -2.44. The lowest BCUT2D eigenvalue weighted by molar-refractivity contribution is 0.00612. The standard InChI is InChI=1S/C16H30N2O/c1-2-19-15-4-3-10-18(12-15)11-9-17-16(13-5-6-13)14-7-8-14/h13-17H,2-12H2,1H3. The van der Waals surface area contributed by atoms with Gasteiger partial charge in [-0.15, -0.1) is 0 Å². The minimum Gasteiger partial charge on any atom is -0.377 e. The molecule has 0 aromatic rings. The predicted octanol–water partition coefficient (Wildman–Crippen LogP) is 2.27. The number of piperidine rings is 1. The molecule has 1 heterocycles. The number of nitrogens with zero attached hydrogens (tertiary/aromatic N) is 1. The molecule has 110 valence electrons. The minimum absolute atomic E-state index is 0.487. The number of nitrogens with one attached hydrogen (secondary N) is 1. The van der Waals surface area contributed by atoms with Crippen LogP contribution in [0.5, 0.6) is 0 Å². The van der Waals surface area contributed by atoms with Gasteiger partial charge < -0.3 is 10.1 Å². The Kier molecular flexibility index (Phi) is 4.78. The molecule has 19 heavy (non-hydrogen) atoms. The van der Waals surface area contributed by atoms with Crippen LogP contribution in [0.15, 0.2) is 0 Å². The molecule has 0 bridgehead atoms. The maximum atomic E-state index is 5.77. The SMILES string of the molecule is CCOC1CCCN(CCNC(C2CC2)C2CC2)C1. The van der Waals surface area contributed by atoms with Crippen LogP contribution in [0.2, 0.25) is 0 Å². The average Bonchev–Trinajstić information content (AvgIpc) is 3.28. The normalized spacial score (nSPS) is 29.1. The van der Waals surface area contributed by atoms with Crippen LogP contribution < -0.4 is 5.32 Å². The molecule has 1 N–H and O–H groups in total. The highest BCUT2D eigenvalue weighted by Crippen LogP contribution is 2.44. The molecule has 0 aromatic heterocycles. The van der Waals surface area contributed by atoms with Crippen LogP contribution >= 0.6 is 0 Å². The lowest BCUT2D eigenvalue weighted by Gasteiger charge is -2.33. The maximum absolute atomic E-state index is 5.77. The van der Waals surface area contributed by atoms with E-state index in [0.29, 0.717) is 6.10 Å². The van der Waals surface area contributed by atoms with Crippen LogP contribution in [0.4, 0.5) is 0 Å². The van der Waals surface area contributed by atoms with Crippen molar-refractivity contribution >= 4 is 0 Å². The molecule has 1 unspecified atom stereocenters. The first-order valence-electron chi connectivity index (χ1n) is 8.44. The minimum atomic E-state index is 0.487. The number of ether oxygens (including phenoxy) is 1. The van der Waals surface area contributed by atoms with Crippen LogP contribution in [-0.4, -0.2) is 49.8 Å². The van der Waals surface area contributed by atoms with E-state index in [0.717, 1.165) is 31.0 Å². The second-order valence-electron chi connectivity index (χ2n) is 6.67. The summed E-state index contributed by atoms with van der Waals surface area (Å²) in [5.74, 6) is 2.04. The van der Waals surface area contributed by atoms with Crippen molar-refractivity contribution in [1.82, 2.24) is 10.2 Å². The number of hydrogen-bond acceptors (Lipinski definition) is 3. The van der Waals surface area contributed by atoms with E-state index in [1.54, 1.807) is 0 Å². The summed E-state index contributed by atoms with van der Waals surface area (Å²) in [5.41, 5.74) is 0. The fourth-order valence-corrected chi connectivity index (χ4v) is 3.61. The Morgan fingerprint density at radius 2 is 1.89 bits per heavy atom. The zero-order valence-corrected chi connectivity index (χ0v) is 12.4. The molecule has 1 atom stereocenters. The van der Waals surface area contributed by atoms with E-state index in [2.05, 4.69) is 17.1 Å². The molecule has 0 spiro atoms. The van der Waals surface area contributed by atoms with Gasteiger partial charge in [0, 0.05) is 32.3 Å². The summed E-state index contributed by atoms with van der Waals surface area (Å²) in [4.78, 5) is 2.59. The monoisotopic (exact) mass is 266 g/mol. The van der Waals surface area contributed by atoms with Crippen molar-refractivity contribution in [3.05, 3.63) is 0 Å². The Morgan fingerprint density at radius 3 is 2.53 bits per heavy atom. The highest BCUT2D eigenvalue weighted by atomic mass is 16.5. The summed E-state index contributed by atoms with van der Waals surface area (Å²) in [6.07, 6.45) is 8.95. The molecule has 1 saturated heterocycles. The van der Waals surface area contributed by atoms with Crippen molar-refractivity contribution in [2.45, 2.75) is 57.6 Å². The van der Waals surface area contributed by atoms with E-state index in [9.17, 15) is 0 Å². The quantitative estimate of drug-likeness (QED) is 0.729. The van der Waals surface area contributed by atoms with Gasteiger partial charge in [0.25, 0.3) is 0 Å². The first-order chi connectivity index (χ1) is 9.36. The lowest BCUT2D eigenvalue weighted by atomic mass is 10.1. The molecule has 1 aliphatic heterocycles. The Balaban J connectivity index is 1.34. The van der Waals surface area contributed by atoms with Gasteiger partial charge in [0.2, 0.25) is 0 Å². The molecule has 2 saturated carbocycles. The van der Waals surface area contributed by atoms with E-state index in [-0.39, 0.29) is 0 Å². The highest BCUT2D eigenvalue weighted by molar-refractivity contribution is 4.96. The first kappa shape index (κ1) is 13.8. The van der Waals surface area contributed by atoms with Gasteiger partial charge in [-0.25, -0.2) is 0 Å². The van der Waals surface area contributed by atoms with Crippen molar-refractivity contribution in [3.8, 4) is 0 Å². The Morgan fingerprint density at radius 1 is 1.16 bits per heavy atom. The molecule has 3 rings (SSSR count). The van der Waals surface area contributed by atoms with E-state index in [4.69, 9.17) is 4.74 Å². The van der Waals surface area contributed by atoms with Crippen molar-refractivity contribution in [1.29, 1.82) is 0 Å². The summed E-state index contributed by atoms with van der Waals surface area (Å²) in [7, 11) is 0. The third kappa shape index (κ3) is 4.17. The van der Waals surface area contributed by atoms with Crippen LogP contribution in [0.25, 0.3) is 0 Å². The topological polar surface area (TPSA) is 24.5 Å². The van der Waals surface area contributed by atoms with Crippen molar-refractivity contribution < 1.29 is 4.74 Å². The fourth-order valence-electron chi connectivity index (χ4n) is 3.61. The zero-order valence-electron chi connectivity index (χ0n) is 12.4. The molecular weight excluding hydrogens is 236 g/mol. The van der Waals surface area contributed by atoms with Crippen molar-refractivity contribution in [2.75, 3.05) is 32.8 Å². The molecule has 3 fully saturated rings. The first-order valence-corrected chi connectivity index (χ1v) is 8.44. The second-order valence-corrected chi connectivity index (χ2v) is 6.67. The molecule has 3 aliphatic rings. The fraction of sp³-hybridized carbons (Fsp3) is 1.00. The van der Waals surface area contributed by atoms with Crippen LogP contribution in [0.3, 0.4) is 0 Å². The molecule has 3 nitrogen and oxygen atoms in total. The van der Waals surface area contributed by atoms with E-state index < -0.39 is 0 Å². The molecule has 0 aromatic carbocycles. The average molecular weight is 266 g/mol. The van der Waals surface area contributed by atoms with E-state index in [1.165, 1.54) is 58.2 Å². The smallest absolute Gasteiger partial charge is 0.0702 e. The van der Waals surface area contributed by atoms with Crippen molar-refractivity contribution in [2.24, 2.45) is 11.8 Å². The van der Waals surface area contributed by atoms with Gasteiger partial charge in [-0.3, -0.25) is 4.90 Å². The summed E-state index contributed by atoms with van der Waals surface area (Å²) in [6, 6.07) is 0.854. The molecule has 2 aliphatic carbocycles. The third-order valence-corrected chi connectivity index (χ3v) is 4.93. The van der Waals surface area contributed by atoms with Crippen LogP contribution in [0.1, 0.15) is 45.4 Å². The predicted molar refractivity (Wildman–Crippen MR) is 78.3 cm³/mol. The van der Waals surface area contributed by atoms with Gasteiger partial charge in [-0.1, -0.05) is 0 Å². The van der Waals surface area contributed by atoms with Crippen LogP contribution in [-0.2, 0) is 4.74 Å². The van der Waals surface area contributed by atoms with Gasteiger partial charge in [0.05, 0.1) is 6.10 Å². The second kappa shape index (κ2) is 6.55. The third-order valence-electron chi connectivity index (χ3n) is 4.93. The summed E-state index contributed by atoms with van der Waals surface area (Å²) >= 11 is 0. The van der Waals surface area contributed by atoms with E-state index >= 15 is 0 Å². The van der Waals surface area contributed by atoms with E-state index in [1.807, 2.05) is 0 Å². The van der Waals surface area contributed by atoms with Gasteiger partial charge in [0.1, 0.15) is 0 Å². The number of hydrogen-bond donors (Lipinski definition) is 1. The maximum Gasteiger partial charge on any atom is 0.0702 e. The number of likely N-dealkylation sites (tertiary alicyclic amines) is 1. The Bertz CT molecular complexity index is 262. The highest BCUT2D eigenvalue weighted by Gasteiger charge is 2.40. The molecule has 3 heteroatoms. The molecular formula is C16H30N2O. The Hall–Kier alpha value is -0.120. The van der Waals surface area contributed by atoms with Gasteiger partial charge in [-0.2, -0.15) is 0 Å². The number of rotatable bonds is 8. The van der Waals surface area contributed by atoms with Gasteiger partial charge in [-0.05, 0) is 63.8 Å². The molecule has 0 radical (unpaired) electrons. The zero-order chi connectivity index (χ0) is 13.1. The summed E-state index contributed by atoms with van der Waals surface area (Å²) in [5, 5.41) is 3.86. The van der Waals surface area contributed by atoms with Gasteiger partial charge >= 0.3 is 0 Å². The largest absolute Gasteiger partial charge is 0.377 e. The van der Waals surface area contributed by atoms with Gasteiger partial charge in [0.15, 0.2) is 0 Å². The Labute approximate surface area is 118 Å². The molecule has 0 amide bonds. The van der Waals surface area contributed by atoms with Crippen LogP contribution in [0, 0.1) is 11.8 Å². The summed E-state index contributed by atoms with van der Waals surface area (Å²) < 4.78 is 5.77. The van der Waals surface area contributed by atoms with Crippen molar-refractivity contribution in [3.63, 3.8) is 0 Å².